The average Bonchev–Trinajstić information content (AvgIpc) is 2.62. The molecule has 7 heteroatoms. The van der Waals surface area contributed by atoms with Gasteiger partial charge in [-0.25, -0.2) is 0 Å². The van der Waals surface area contributed by atoms with Crippen LogP contribution in [0.1, 0.15) is 12.0 Å². The smallest absolute Gasteiger partial charge is 0.222 e. The maximum absolute atomic E-state index is 12.0. The minimum Gasteiger partial charge on any atom is -0.493 e. The van der Waals surface area contributed by atoms with Crippen molar-refractivity contribution in [3.63, 3.8) is 0 Å². The second-order valence-corrected chi connectivity index (χ2v) is 6.05. The number of carbonyl (C=O) groups is 1. The normalized spacial score (nSPS) is 10.2. The lowest BCUT2D eigenvalue weighted by Crippen LogP contribution is -2.25. The van der Waals surface area contributed by atoms with Crippen LogP contribution in [-0.4, -0.2) is 26.7 Å². The average molecular weight is 383 g/mol. The predicted octanol–water partition coefficient (Wildman–Crippen LogP) is 4.13. The highest BCUT2D eigenvalue weighted by atomic mass is 35.5. The number of rotatable bonds is 8. The molecule has 0 aromatic heterocycles. The van der Waals surface area contributed by atoms with E-state index in [0.29, 0.717) is 46.7 Å². The first-order valence-corrected chi connectivity index (χ1v) is 8.46. The molecule has 0 saturated carbocycles. The van der Waals surface area contributed by atoms with Crippen LogP contribution in [-0.2, 0) is 11.3 Å². The first-order valence-electron chi connectivity index (χ1n) is 7.70. The molecule has 0 unspecified atom stereocenters. The third-order valence-corrected chi connectivity index (χ3v) is 4.18. The Labute approximate surface area is 157 Å². The zero-order valence-corrected chi connectivity index (χ0v) is 15.6. The summed E-state index contributed by atoms with van der Waals surface area (Å²) in [5, 5.41) is 7.00. The maximum atomic E-state index is 12.0. The summed E-state index contributed by atoms with van der Waals surface area (Å²) >= 11 is 12.1. The van der Waals surface area contributed by atoms with Crippen molar-refractivity contribution in [3.8, 4) is 11.5 Å². The minimum absolute atomic E-state index is 0.0783. The Hall–Kier alpha value is -2.11. The summed E-state index contributed by atoms with van der Waals surface area (Å²) in [6, 6.07) is 10.8. The fraction of sp³-hybridized carbons (Fsp3) is 0.278. The molecule has 5 nitrogen and oxygen atoms in total. The van der Waals surface area contributed by atoms with Crippen molar-refractivity contribution in [2.24, 2.45) is 0 Å². The van der Waals surface area contributed by atoms with E-state index in [4.69, 9.17) is 32.7 Å². The summed E-state index contributed by atoms with van der Waals surface area (Å²) in [7, 11) is 3.16. The Balaban J connectivity index is 1.81. The fourth-order valence-electron chi connectivity index (χ4n) is 2.25. The molecule has 134 valence electrons. The van der Waals surface area contributed by atoms with E-state index in [0.717, 1.165) is 5.56 Å². The molecule has 0 aliphatic carbocycles. The first-order chi connectivity index (χ1) is 12.0. The van der Waals surface area contributed by atoms with Gasteiger partial charge in [-0.2, -0.15) is 0 Å². The number of methoxy groups -OCH3 is 2. The predicted molar refractivity (Wildman–Crippen MR) is 101 cm³/mol. The lowest BCUT2D eigenvalue weighted by molar-refractivity contribution is -0.121. The van der Waals surface area contributed by atoms with Crippen LogP contribution < -0.4 is 20.1 Å². The van der Waals surface area contributed by atoms with Crippen molar-refractivity contribution < 1.29 is 14.3 Å². The van der Waals surface area contributed by atoms with Crippen molar-refractivity contribution in [1.29, 1.82) is 0 Å². The summed E-state index contributed by atoms with van der Waals surface area (Å²) in [6.07, 6.45) is 0.300. The summed E-state index contributed by atoms with van der Waals surface area (Å²) in [6.45, 7) is 0.841. The highest BCUT2D eigenvalue weighted by molar-refractivity contribution is 6.39. The van der Waals surface area contributed by atoms with E-state index in [1.54, 1.807) is 38.5 Å². The number of ether oxygens (including phenoxy) is 2. The SMILES string of the molecule is COc1ccc(CNC(=O)CCNc2c(Cl)cccc2Cl)cc1OC. The standard InChI is InChI=1S/C18H20Cl2N2O3/c1-24-15-7-6-12(10-16(15)25-2)11-22-17(23)8-9-21-18-13(19)4-3-5-14(18)20/h3-7,10,21H,8-9,11H2,1-2H3,(H,22,23). The Bertz CT molecular complexity index is 718. The quantitative estimate of drug-likeness (QED) is 0.720. The molecule has 2 rings (SSSR count). The molecule has 0 aliphatic rings. The lowest BCUT2D eigenvalue weighted by Gasteiger charge is -2.12. The molecule has 0 bridgehead atoms. The molecule has 0 aliphatic heterocycles. The molecule has 0 heterocycles. The monoisotopic (exact) mass is 382 g/mol. The number of hydrogen-bond donors (Lipinski definition) is 2. The van der Waals surface area contributed by atoms with Gasteiger partial charge in [0.05, 0.1) is 30.0 Å². The van der Waals surface area contributed by atoms with Gasteiger partial charge in [0.15, 0.2) is 11.5 Å². The molecular weight excluding hydrogens is 363 g/mol. The summed E-state index contributed by atoms with van der Waals surface area (Å²) in [4.78, 5) is 12.0. The molecule has 0 radical (unpaired) electrons. The van der Waals surface area contributed by atoms with Crippen LogP contribution >= 0.6 is 23.2 Å². The van der Waals surface area contributed by atoms with Crippen LogP contribution in [0.5, 0.6) is 11.5 Å². The van der Waals surface area contributed by atoms with Gasteiger partial charge in [-0.1, -0.05) is 35.3 Å². The Kier molecular flexibility index (Phi) is 7.22. The number of carbonyl (C=O) groups excluding carboxylic acids is 1. The van der Waals surface area contributed by atoms with E-state index in [1.165, 1.54) is 0 Å². The molecule has 0 atom stereocenters. The maximum Gasteiger partial charge on any atom is 0.222 e. The minimum atomic E-state index is -0.0783. The number of para-hydroxylation sites is 1. The van der Waals surface area contributed by atoms with Gasteiger partial charge < -0.3 is 20.1 Å². The number of anilines is 1. The molecule has 0 saturated heterocycles. The molecule has 0 fully saturated rings. The van der Waals surface area contributed by atoms with E-state index < -0.39 is 0 Å². The number of amides is 1. The van der Waals surface area contributed by atoms with Gasteiger partial charge in [0.25, 0.3) is 0 Å². The van der Waals surface area contributed by atoms with Crippen LogP contribution in [0.3, 0.4) is 0 Å². The van der Waals surface area contributed by atoms with E-state index in [-0.39, 0.29) is 5.91 Å². The summed E-state index contributed by atoms with van der Waals surface area (Å²) < 4.78 is 10.4. The molecular formula is C18H20Cl2N2O3. The Morgan fingerprint density at radius 3 is 2.36 bits per heavy atom. The van der Waals surface area contributed by atoms with Gasteiger partial charge in [0.1, 0.15) is 0 Å². The third kappa shape index (κ3) is 5.44. The number of benzene rings is 2. The van der Waals surface area contributed by atoms with Crippen LogP contribution in [0.4, 0.5) is 5.69 Å². The largest absolute Gasteiger partial charge is 0.493 e. The van der Waals surface area contributed by atoms with Gasteiger partial charge in [0, 0.05) is 19.5 Å². The molecule has 1 amide bonds. The van der Waals surface area contributed by atoms with Gasteiger partial charge in [-0.05, 0) is 29.8 Å². The van der Waals surface area contributed by atoms with Gasteiger partial charge in [-0.3, -0.25) is 4.79 Å². The first kappa shape index (κ1) is 19.2. The van der Waals surface area contributed by atoms with Gasteiger partial charge >= 0.3 is 0 Å². The highest BCUT2D eigenvalue weighted by Crippen LogP contribution is 2.29. The molecule has 2 aromatic carbocycles. The second-order valence-electron chi connectivity index (χ2n) is 5.24. The molecule has 0 spiro atoms. The van der Waals surface area contributed by atoms with E-state index >= 15 is 0 Å². The summed E-state index contributed by atoms with van der Waals surface area (Å²) in [5.74, 6) is 1.20. The number of nitrogens with one attached hydrogen (secondary N) is 2. The van der Waals surface area contributed by atoms with Crippen LogP contribution in [0.15, 0.2) is 36.4 Å². The van der Waals surface area contributed by atoms with Crippen molar-refractivity contribution >= 4 is 34.8 Å². The van der Waals surface area contributed by atoms with Crippen LogP contribution in [0, 0.1) is 0 Å². The molecule has 2 N–H and O–H groups in total. The van der Waals surface area contributed by atoms with Crippen molar-refractivity contribution in [2.75, 3.05) is 26.1 Å². The van der Waals surface area contributed by atoms with Crippen LogP contribution in [0.25, 0.3) is 0 Å². The second kappa shape index (κ2) is 9.39. The Morgan fingerprint density at radius 1 is 1.04 bits per heavy atom. The van der Waals surface area contributed by atoms with Crippen molar-refractivity contribution in [2.45, 2.75) is 13.0 Å². The van der Waals surface area contributed by atoms with E-state index in [9.17, 15) is 4.79 Å². The van der Waals surface area contributed by atoms with Gasteiger partial charge in [0.2, 0.25) is 5.91 Å². The van der Waals surface area contributed by atoms with E-state index in [1.807, 2.05) is 12.1 Å². The van der Waals surface area contributed by atoms with Gasteiger partial charge in [-0.15, -0.1) is 0 Å². The van der Waals surface area contributed by atoms with Crippen LogP contribution in [0.2, 0.25) is 10.0 Å². The molecule has 2 aromatic rings. The zero-order chi connectivity index (χ0) is 18.2. The summed E-state index contributed by atoms with van der Waals surface area (Å²) in [5.41, 5.74) is 1.56. The zero-order valence-electron chi connectivity index (χ0n) is 14.1. The van der Waals surface area contributed by atoms with Crippen molar-refractivity contribution in [3.05, 3.63) is 52.0 Å². The Morgan fingerprint density at radius 2 is 1.72 bits per heavy atom. The van der Waals surface area contributed by atoms with E-state index in [2.05, 4.69) is 10.6 Å². The molecule has 25 heavy (non-hydrogen) atoms. The number of hydrogen-bond acceptors (Lipinski definition) is 4. The third-order valence-electron chi connectivity index (χ3n) is 3.55. The number of halogens is 2. The fourth-order valence-corrected chi connectivity index (χ4v) is 2.78. The lowest BCUT2D eigenvalue weighted by atomic mass is 10.2. The topological polar surface area (TPSA) is 59.6 Å². The van der Waals surface area contributed by atoms with Crippen molar-refractivity contribution in [1.82, 2.24) is 5.32 Å². The highest BCUT2D eigenvalue weighted by Gasteiger charge is 2.08.